The normalized spacial score (nSPS) is 12.2. The van der Waals surface area contributed by atoms with Crippen molar-refractivity contribution >= 4 is 62.3 Å². The molecular weight excluding hydrogens is 593 g/mol. The predicted octanol–water partition coefficient (Wildman–Crippen LogP) is 6.40. The van der Waals surface area contributed by atoms with Crippen LogP contribution in [0.1, 0.15) is 37.5 Å². The molecule has 0 radical (unpaired) electrons. The summed E-state index contributed by atoms with van der Waals surface area (Å²) in [4.78, 5) is 28.4. The van der Waals surface area contributed by atoms with Crippen LogP contribution in [-0.4, -0.2) is 43.8 Å². The van der Waals surface area contributed by atoms with Crippen LogP contribution in [0.5, 0.6) is 0 Å². The lowest BCUT2D eigenvalue weighted by Crippen LogP contribution is -2.52. The SMILES string of the molecule is Cc1ccc(S(=O)(=O)N(CC(=O)N(Cc2ccc(Cl)cc2Cl)C(C)C(=O)NC(C)C)c2ccc(Cl)cc2C)cc1. The van der Waals surface area contributed by atoms with E-state index in [0.717, 1.165) is 9.87 Å². The molecule has 40 heavy (non-hydrogen) atoms. The number of halogens is 3. The molecule has 0 bridgehead atoms. The lowest BCUT2D eigenvalue weighted by Gasteiger charge is -2.33. The molecule has 0 aromatic heterocycles. The second-order valence-corrected chi connectivity index (χ2v) is 13.0. The first kappa shape index (κ1) is 31.7. The van der Waals surface area contributed by atoms with Gasteiger partial charge >= 0.3 is 0 Å². The van der Waals surface area contributed by atoms with Crippen LogP contribution in [0, 0.1) is 13.8 Å². The molecule has 7 nitrogen and oxygen atoms in total. The summed E-state index contributed by atoms with van der Waals surface area (Å²) in [5.41, 5.74) is 2.30. The number of aryl methyl sites for hydroxylation is 2. The monoisotopic (exact) mass is 623 g/mol. The van der Waals surface area contributed by atoms with Gasteiger partial charge in [-0.05, 0) is 88.2 Å². The fourth-order valence-corrected chi connectivity index (χ4v) is 6.24. The van der Waals surface area contributed by atoms with Gasteiger partial charge < -0.3 is 10.2 Å². The van der Waals surface area contributed by atoms with Crippen molar-refractivity contribution in [3.63, 3.8) is 0 Å². The molecule has 1 unspecified atom stereocenters. The molecule has 0 aliphatic rings. The Bertz CT molecular complexity index is 1490. The molecule has 2 amide bonds. The Kier molecular flexibility index (Phi) is 10.5. The van der Waals surface area contributed by atoms with E-state index in [2.05, 4.69) is 5.32 Å². The highest BCUT2D eigenvalue weighted by Gasteiger charge is 2.33. The van der Waals surface area contributed by atoms with Gasteiger partial charge in [0.1, 0.15) is 12.6 Å². The third-order valence-electron chi connectivity index (χ3n) is 6.27. The summed E-state index contributed by atoms with van der Waals surface area (Å²) in [6.45, 7) is 8.17. The molecular formula is C29H32Cl3N3O4S. The van der Waals surface area contributed by atoms with Gasteiger partial charge in [0, 0.05) is 27.7 Å². The fourth-order valence-electron chi connectivity index (χ4n) is 4.07. The first-order chi connectivity index (χ1) is 18.7. The summed E-state index contributed by atoms with van der Waals surface area (Å²) in [7, 11) is -4.19. The first-order valence-electron chi connectivity index (χ1n) is 12.6. The van der Waals surface area contributed by atoms with E-state index in [9.17, 15) is 18.0 Å². The maximum atomic E-state index is 14.0. The Labute approximate surface area is 251 Å². The van der Waals surface area contributed by atoms with Gasteiger partial charge in [-0.3, -0.25) is 13.9 Å². The van der Waals surface area contributed by atoms with Crippen molar-refractivity contribution in [3.05, 3.63) is 92.4 Å². The topological polar surface area (TPSA) is 86.8 Å². The van der Waals surface area contributed by atoms with E-state index < -0.39 is 28.5 Å². The van der Waals surface area contributed by atoms with Crippen molar-refractivity contribution in [1.82, 2.24) is 10.2 Å². The molecule has 0 fully saturated rings. The number of hydrogen-bond donors (Lipinski definition) is 1. The second-order valence-electron chi connectivity index (χ2n) is 9.85. The van der Waals surface area contributed by atoms with Crippen LogP contribution in [0.15, 0.2) is 65.6 Å². The molecule has 0 spiro atoms. The van der Waals surface area contributed by atoms with E-state index in [1.165, 1.54) is 17.0 Å². The van der Waals surface area contributed by atoms with Gasteiger partial charge in [-0.1, -0.05) is 58.6 Å². The zero-order valence-corrected chi connectivity index (χ0v) is 26.0. The highest BCUT2D eigenvalue weighted by atomic mass is 35.5. The minimum atomic E-state index is -4.19. The van der Waals surface area contributed by atoms with Crippen LogP contribution in [0.4, 0.5) is 5.69 Å². The van der Waals surface area contributed by atoms with Crippen LogP contribution in [0.25, 0.3) is 0 Å². The number of nitrogens with one attached hydrogen (secondary N) is 1. The van der Waals surface area contributed by atoms with Crippen molar-refractivity contribution in [2.75, 3.05) is 10.8 Å². The van der Waals surface area contributed by atoms with E-state index in [1.54, 1.807) is 62.4 Å². The largest absolute Gasteiger partial charge is 0.352 e. The number of benzene rings is 3. The van der Waals surface area contributed by atoms with E-state index in [0.29, 0.717) is 31.9 Å². The van der Waals surface area contributed by atoms with Crippen molar-refractivity contribution in [3.8, 4) is 0 Å². The third kappa shape index (κ3) is 7.69. The number of nitrogens with zero attached hydrogens (tertiary/aromatic N) is 2. The first-order valence-corrected chi connectivity index (χ1v) is 15.2. The van der Waals surface area contributed by atoms with Gasteiger partial charge in [-0.15, -0.1) is 0 Å². The number of anilines is 1. The number of hydrogen-bond acceptors (Lipinski definition) is 4. The second kappa shape index (κ2) is 13.3. The molecule has 3 rings (SSSR count). The number of rotatable bonds is 10. The molecule has 1 N–H and O–H groups in total. The predicted molar refractivity (Wildman–Crippen MR) is 162 cm³/mol. The Balaban J connectivity index is 2.09. The quantitative estimate of drug-likeness (QED) is 0.283. The summed E-state index contributed by atoms with van der Waals surface area (Å²) in [5.74, 6) is -0.980. The van der Waals surface area contributed by atoms with E-state index in [4.69, 9.17) is 34.8 Å². The standard InChI is InChI=1S/C29H32Cl3N3O4S/c1-18(2)33-29(37)21(5)34(16-22-8-9-24(31)15-26(22)32)28(36)17-35(27-13-10-23(30)14-20(27)4)40(38,39)25-11-6-19(3)7-12-25/h6-15,18,21H,16-17H2,1-5H3,(H,33,37). The highest BCUT2D eigenvalue weighted by Crippen LogP contribution is 2.30. The maximum absolute atomic E-state index is 14.0. The van der Waals surface area contributed by atoms with Crippen LogP contribution >= 0.6 is 34.8 Å². The molecule has 0 heterocycles. The van der Waals surface area contributed by atoms with Crippen molar-refractivity contribution in [2.24, 2.45) is 0 Å². The number of amides is 2. The third-order valence-corrected chi connectivity index (χ3v) is 8.87. The van der Waals surface area contributed by atoms with Crippen LogP contribution in [-0.2, 0) is 26.2 Å². The molecule has 0 saturated carbocycles. The van der Waals surface area contributed by atoms with E-state index in [-0.39, 0.29) is 23.4 Å². The van der Waals surface area contributed by atoms with Crippen LogP contribution in [0.2, 0.25) is 15.1 Å². The summed E-state index contributed by atoms with van der Waals surface area (Å²) < 4.78 is 28.9. The minimum Gasteiger partial charge on any atom is -0.352 e. The average molecular weight is 625 g/mol. The summed E-state index contributed by atoms with van der Waals surface area (Å²) in [5, 5.41) is 3.99. The molecule has 3 aromatic carbocycles. The van der Waals surface area contributed by atoms with Gasteiger partial charge in [0.2, 0.25) is 11.8 Å². The van der Waals surface area contributed by atoms with Gasteiger partial charge in [0.05, 0.1) is 10.6 Å². The number of sulfonamides is 1. The van der Waals surface area contributed by atoms with Crippen molar-refractivity contribution < 1.29 is 18.0 Å². The Hall–Kier alpha value is -2.78. The van der Waals surface area contributed by atoms with Gasteiger partial charge in [-0.25, -0.2) is 8.42 Å². The smallest absolute Gasteiger partial charge is 0.264 e. The molecule has 214 valence electrons. The Morgan fingerprint density at radius 2 is 1.48 bits per heavy atom. The fraction of sp³-hybridized carbons (Fsp3) is 0.310. The molecule has 1 atom stereocenters. The van der Waals surface area contributed by atoms with E-state index >= 15 is 0 Å². The molecule has 0 saturated heterocycles. The molecule has 0 aliphatic heterocycles. The van der Waals surface area contributed by atoms with Gasteiger partial charge in [0.25, 0.3) is 10.0 Å². The molecule has 11 heteroatoms. The highest BCUT2D eigenvalue weighted by molar-refractivity contribution is 7.92. The molecule has 3 aromatic rings. The zero-order valence-electron chi connectivity index (χ0n) is 22.9. The summed E-state index contributed by atoms with van der Waals surface area (Å²) in [6.07, 6.45) is 0. The van der Waals surface area contributed by atoms with E-state index in [1.807, 2.05) is 20.8 Å². The summed E-state index contributed by atoms with van der Waals surface area (Å²) in [6, 6.07) is 14.9. The Morgan fingerprint density at radius 3 is 2.05 bits per heavy atom. The van der Waals surface area contributed by atoms with Gasteiger partial charge in [0.15, 0.2) is 0 Å². The van der Waals surface area contributed by atoms with Crippen LogP contribution in [0.3, 0.4) is 0 Å². The zero-order chi connectivity index (χ0) is 29.8. The lowest BCUT2D eigenvalue weighted by atomic mass is 10.1. The minimum absolute atomic E-state index is 0.0261. The number of carbonyl (C=O) groups excluding carboxylic acids is 2. The van der Waals surface area contributed by atoms with Crippen molar-refractivity contribution in [2.45, 2.75) is 58.1 Å². The molecule has 0 aliphatic carbocycles. The lowest BCUT2D eigenvalue weighted by molar-refractivity contribution is -0.139. The number of carbonyl (C=O) groups is 2. The average Bonchev–Trinajstić information content (AvgIpc) is 2.86. The Morgan fingerprint density at radius 1 is 0.875 bits per heavy atom. The van der Waals surface area contributed by atoms with Crippen LogP contribution < -0.4 is 9.62 Å². The summed E-state index contributed by atoms with van der Waals surface area (Å²) >= 11 is 18.6. The van der Waals surface area contributed by atoms with Gasteiger partial charge in [-0.2, -0.15) is 0 Å². The van der Waals surface area contributed by atoms with Crippen molar-refractivity contribution in [1.29, 1.82) is 0 Å². The maximum Gasteiger partial charge on any atom is 0.264 e.